The van der Waals surface area contributed by atoms with Gasteiger partial charge in [0.05, 0.1) is 0 Å². The summed E-state index contributed by atoms with van der Waals surface area (Å²) >= 11 is 0. The summed E-state index contributed by atoms with van der Waals surface area (Å²) in [6.07, 6.45) is 0.984. The molecule has 0 aliphatic heterocycles. The van der Waals surface area contributed by atoms with Crippen LogP contribution in [0.25, 0.3) is 0 Å². The summed E-state index contributed by atoms with van der Waals surface area (Å²) in [6.45, 7) is 2.02. The molecule has 2 nitrogen and oxygen atoms in total. The molecular formula is C4H9BO2. The third-order valence-corrected chi connectivity index (χ3v) is 1.55. The van der Waals surface area contributed by atoms with Gasteiger partial charge in [-0.2, -0.15) is 0 Å². The zero-order valence-electron chi connectivity index (χ0n) is 4.33. The molecule has 0 radical (unpaired) electrons. The van der Waals surface area contributed by atoms with Crippen LogP contribution < -0.4 is 0 Å². The van der Waals surface area contributed by atoms with Crippen molar-refractivity contribution in [1.82, 2.24) is 0 Å². The van der Waals surface area contributed by atoms with E-state index < -0.39 is 7.12 Å². The zero-order chi connectivity index (χ0) is 5.44. The summed E-state index contributed by atoms with van der Waals surface area (Å²) in [5, 5.41) is 16.8. The van der Waals surface area contributed by atoms with Crippen LogP contribution in [-0.2, 0) is 0 Å². The van der Waals surface area contributed by atoms with Gasteiger partial charge >= 0.3 is 7.12 Å². The summed E-state index contributed by atoms with van der Waals surface area (Å²) in [4.78, 5) is 0. The average molecular weight is 99.9 g/mol. The number of hydrogen-bond donors (Lipinski definition) is 2. The van der Waals surface area contributed by atoms with Gasteiger partial charge in [0.2, 0.25) is 0 Å². The minimum atomic E-state index is -1.06. The fourth-order valence-corrected chi connectivity index (χ4v) is 0.766. The minimum Gasteiger partial charge on any atom is -0.427 e. The topological polar surface area (TPSA) is 40.5 Å². The Bertz CT molecular complexity index is 74.1. The van der Waals surface area contributed by atoms with Gasteiger partial charge in [0.15, 0.2) is 0 Å². The predicted molar refractivity (Wildman–Crippen MR) is 27.7 cm³/mol. The summed E-state index contributed by atoms with van der Waals surface area (Å²) in [6, 6.07) is 0. The lowest BCUT2D eigenvalue weighted by Gasteiger charge is -1.88. The van der Waals surface area contributed by atoms with Gasteiger partial charge in [-0.05, 0) is 18.2 Å². The van der Waals surface area contributed by atoms with Gasteiger partial charge in [-0.15, -0.1) is 0 Å². The van der Waals surface area contributed by atoms with E-state index in [-0.39, 0.29) is 5.82 Å². The van der Waals surface area contributed by atoms with Crippen molar-refractivity contribution in [2.45, 2.75) is 19.2 Å². The molecule has 0 aromatic heterocycles. The van der Waals surface area contributed by atoms with Crippen molar-refractivity contribution < 1.29 is 10.0 Å². The van der Waals surface area contributed by atoms with Crippen molar-refractivity contribution >= 4 is 7.12 Å². The first-order valence-corrected chi connectivity index (χ1v) is 2.58. The Balaban J connectivity index is 2.20. The molecule has 1 rings (SSSR count). The SMILES string of the molecule is C[C@H]1C[C@H]1B(O)O. The van der Waals surface area contributed by atoms with Gasteiger partial charge in [-0.25, -0.2) is 0 Å². The monoisotopic (exact) mass is 100 g/mol. The van der Waals surface area contributed by atoms with E-state index in [9.17, 15) is 0 Å². The molecule has 1 aliphatic carbocycles. The van der Waals surface area contributed by atoms with Crippen molar-refractivity contribution in [3.63, 3.8) is 0 Å². The fraction of sp³-hybridized carbons (Fsp3) is 1.00. The normalized spacial score (nSPS) is 38.1. The number of hydrogen-bond acceptors (Lipinski definition) is 2. The summed E-state index contributed by atoms with van der Waals surface area (Å²) in [5.41, 5.74) is 0. The smallest absolute Gasteiger partial charge is 0.427 e. The van der Waals surface area contributed by atoms with Crippen LogP contribution in [0.2, 0.25) is 5.82 Å². The standard InChI is InChI=1S/C4H9BO2/c1-3-2-4(3)5(6)7/h3-4,6-7H,2H2,1H3/t3-,4+/m0/s1. The van der Waals surface area contributed by atoms with Gasteiger partial charge in [0.1, 0.15) is 0 Å². The Morgan fingerprint density at radius 2 is 2.00 bits per heavy atom. The molecule has 7 heavy (non-hydrogen) atoms. The van der Waals surface area contributed by atoms with Crippen LogP contribution in [0.15, 0.2) is 0 Å². The molecule has 40 valence electrons. The Morgan fingerprint density at radius 1 is 1.57 bits per heavy atom. The molecule has 0 unspecified atom stereocenters. The van der Waals surface area contributed by atoms with Gasteiger partial charge in [-0.3, -0.25) is 0 Å². The van der Waals surface area contributed by atoms with E-state index >= 15 is 0 Å². The van der Waals surface area contributed by atoms with E-state index in [4.69, 9.17) is 10.0 Å². The van der Waals surface area contributed by atoms with Crippen LogP contribution in [0.5, 0.6) is 0 Å². The Labute approximate surface area is 43.3 Å². The second-order valence-corrected chi connectivity index (χ2v) is 2.29. The molecule has 2 atom stereocenters. The van der Waals surface area contributed by atoms with Crippen molar-refractivity contribution in [2.24, 2.45) is 5.92 Å². The summed E-state index contributed by atoms with van der Waals surface area (Å²) in [7, 11) is -1.06. The highest BCUT2D eigenvalue weighted by atomic mass is 16.4. The average Bonchev–Trinajstić information content (AvgIpc) is 2.17. The van der Waals surface area contributed by atoms with Gasteiger partial charge < -0.3 is 10.0 Å². The highest BCUT2D eigenvalue weighted by Crippen LogP contribution is 2.44. The molecule has 3 heteroatoms. The predicted octanol–water partition coefficient (Wildman–Crippen LogP) is -0.131. The maximum atomic E-state index is 8.42. The van der Waals surface area contributed by atoms with E-state index in [1.165, 1.54) is 0 Å². The van der Waals surface area contributed by atoms with Crippen LogP contribution in [-0.4, -0.2) is 17.2 Å². The van der Waals surface area contributed by atoms with Crippen molar-refractivity contribution in [3.8, 4) is 0 Å². The van der Waals surface area contributed by atoms with E-state index in [1.807, 2.05) is 6.92 Å². The van der Waals surface area contributed by atoms with Crippen LogP contribution in [0, 0.1) is 5.92 Å². The lowest BCUT2D eigenvalue weighted by molar-refractivity contribution is 0.401. The zero-order valence-corrected chi connectivity index (χ0v) is 4.33. The first-order chi connectivity index (χ1) is 3.22. The Kier molecular flexibility index (Phi) is 1.09. The van der Waals surface area contributed by atoms with Gasteiger partial charge in [-0.1, -0.05) is 6.92 Å². The van der Waals surface area contributed by atoms with Crippen molar-refractivity contribution in [3.05, 3.63) is 0 Å². The Hall–Kier alpha value is -0.0151. The second-order valence-electron chi connectivity index (χ2n) is 2.29. The van der Waals surface area contributed by atoms with Gasteiger partial charge in [0, 0.05) is 0 Å². The Morgan fingerprint density at radius 3 is 2.00 bits per heavy atom. The molecule has 0 amide bonds. The molecule has 2 N–H and O–H groups in total. The van der Waals surface area contributed by atoms with Crippen LogP contribution >= 0.6 is 0 Å². The van der Waals surface area contributed by atoms with E-state index in [0.717, 1.165) is 6.42 Å². The molecule has 1 fully saturated rings. The first kappa shape index (κ1) is 5.13. The van der Waals surface area contributed by atoms with Crippen molar-refractivity contribution in [1.29, 1.82) is 0 Å². The molecule has 0 saturated heterocycles. The largest absolute Gasteiger partial charge is 0.455 e. The van der Waals surface area contributed by atoms with E-state index in [1.54, 1.807) is 0 Å². The first-order valence-electron chi connectivity index (χ1n) is 2.58. The lowest BCUT2D eigenvalue weighted by Crippen LogP contribution is -2.10. The van der Waals surface area contributed by atoms with Crippen LogP contribution in [0.1, 0.15) is 13.3 Å². The molecule has 0 heterocycles. The quantitative estimate of drug-likeness (QED) is 0.450. The van der Waals surface area contributed by atoms with Crippen LogP contribution in [0.3, 0.4) is 0 Å². The highest BCUT2D eigenvalue weighted by molar-refractivity contribution is 6.44. The fourth-order valence-electron chi connectivity index (χ4n) is 0.766. The molecule has 0 aromatic rings. The molecule has 1 saturated carbocycles. The second kappa shape index (κ2) is 1.49. The molecule has 0 bridgehead atoms. The third-order valence-electron chi connectivity index (χ3n) is 1.55. The molecular weight excluding hydrogens is 90.9 g/mol. The number of rotatable bonds is 1. The van der Waals surface area contributed by atoms with Crippen molar-refractivity contribution in [2.75, 3.05) is 0 Å². The minimum absolute atomic E-state index is 0.181. The summed E-state index contributed by atoms with van der Waals surface area (Å²) < 4.78 is 0. The van der Waals surface area contributed by atoms with Crippen LogP contribution in [0.4, 0.5) is 0 Å². The maximum Gasteiger partial charge on any atom is 0.455 e. The molecule has 0 spiro atoms. The third kappa shape index (κ3) is 0.953. The highest BCUT2D eigenvalue weighted by Gasteiger charge is 2.41. The van der Waals surface area contributed by atoms with Gasteiger partial charge in [0.25, 0.3) is 0 Å². The lowest BCUT2D eigenvalue weighted by atomic mass is 9.82. The van der Waals surface area contributed by atoms with E-state index in [2.05, 4.69) is 0 Å². The maximum absolute atomic E-state index is 8.42. The molecule has 0 aromatic carbocycles. The summed E-state index contributed by atoms with van der Waals surface area (Å²) in [5.74, 6) is 0.722. The molecule has 1 aliphatic rings. The van der Waals surface area contributed by atoms with E-state index in [0.29, 0.717) is 5.92 Å².